The first kappa shape index (κ1) is 10.6. The second-order valence-electron chi connectivity index (χ2n) is 4.30. The molecular weight excluding hydrogens is 156 g/mol. The van der Waals surface area contributed by atoms with Crippen LogP contribution >= 0.6 is 0 Å². The Morgan fingerprint density at radius 3 is 2.85 bits per heavy atom. The molecule has 0 saturated carbocycles. The lowest BCUT2D eigenvalue weighted by Crippen LogP contribution is -2.09. The summed E-state index contributed by atoms with van der Waals surface area (Å²) >= 11 is 0. The molecule has 0 fully saturated rings. The van der Waals surface area contributed by atoms with Gasteiger partial charge in [0.25, 0.3) is 0 Å². The minimum atomic E-state index is 0.724. The van der Waals surface area contributed by atoms with Crippen LogP contribution in [0.5, 0.6) is 0 Å². The molecule has 2 atom stereocenters. The Bertz CT molecular complexity index is 188. The van der Waals surface area contributed by atoms with Crippen molar-refractivity contribution in [2.24, 2.45) is 11.8 Å². The largest absolute Gasteiger partial charge is 0.0996 e. The molecule has 0 aromatic carbocycles. The lowest BCUT2D eigenvalue weighted by Gasteiger charge is -2.22. The topological polar surface area (TPSA) is 0 Å². The molecule has 0 bridgehead atoms. The summed E-state index contributed by atoms with van der Waals surface area (Å²) in [6.07, 6.45) is 11.1. The van der Waals surface area contributed by atoms with Crippen LogP contribution in [0, 0.1) is 11.8 Å². The van der Waals surface area contributed by atoms with E-state index in [0.717, 1.165) is 18.3 Å². The Hall–Kier alpha value is -0.520. The highest BCUT2D eigenvalue weighted by atomic mass is 14.2. The maximum atomic E-state index is 4.12. The second kappa shape index (κ2) is 5.26. The van der Waals surface area contributed by atoms with E-state index in [1.54, 1.807) is 0 Å². The number of hydrogen-bond donors (Lipinski definition) is 0. The van der Waals surface area contributed by atoms with E-state index < -0.39 is 0 Å². The lowest BCUT2D eigenvalue weighted by atomic mass is 9.83. The third-order valence-electron chi connectivity index (χ3n) is 3.22. The molecule has 0 N–H and O–H groups in total. The molecule has 0 saturated heterocycles. The van der Waals surface area contributed by atoms with Crippen molar-refractivity contribution in [1.29, 1.82) is 0 Å². The molecule has 13 heavy (non-hydrogen) atoms. The molecule has 74 valence electrons. The maximum Gasteiger partial charge on any atom is -0.0232 e. The van der Waals surface area contributed by atoms with Crippen LogP contribution in [0.3, 0.4) is 0 Å². The van der Waals surface area contributed by atoms with E-state index in [9.17, 15) is 0 Å². The highest BCUT2D eigenvalue weighted by molar-refractivity contribution is 5.00. The molecular formula is C13H22. The molecule has 1 aliphatic carbocycles. The first-order valence-electron chi connectivity index (χ1n) is 5.56. The van der Waals surface area contributed by atoms with Crippen molar-refractivity contribution in [3.05, 3.63) is 24.3 Å². The van der Waals surface area contributed by atoms with E-state index in [4.69, 9.17) is 0 Å². The van der Waals surface area contributed by atoms with Crippen molar-refractivity contribution in [3.8, 4) is 0 Å². The normalized spacial score (nSPS) is 24.3. The van der Waals surface area contributed by atoms with Crippen LogP contribution in [0.2, 0.25) is 0 Å². The van der Waals surface area contributed by atoms with Gasteiger partial charge in [0.05, 0.1) is 0 Å². The van der Waals surface area contributed by atoms with Crippen molar-refractivity contribution in [2.75, 3.05) is 0 Å². The number of hydrogen-bond acceptors (Lipinski definition) is 0. The molecule has 0 spiro atoms. The highest BCUT2D eigenvalue weighted by Crippen LogP contribution is 2.28. The van der Waals surface area contributed by atoms with Gasteiger partial charge in [-0.2, -0.15) is 0 Å². The molecule has 0 radical (unpaired) electrons. The van der Waals surface area contributed by atoms with Gasteiger partial charge >= 0.3 is 0 Å². The zero-order valence-electron chi connectivity index (χ0n) is 9.05. The molecule has 0 heterocycles. The summed E-state index contributed by atoms with van der Waals surface area (Å²) in [5.74, 6) is 1.64. The Balaban J connectivity index is 2.30. The van der Waals surface area contributed by atoms with Crippen LogP contribution in [0.15, 0.2) is 24.3 Å². The van der Waals surface area contributed by atoms with Crippen LogP contribution in [0.1, 0.15) is 46.0 Å². The van der Waals surface area contributed by atoms with Crippen LogP contribution < -0.4 is 0 Å². The van der Waals surface area contributed by atoms with Crippen molar-refractivity contribution in [2.45, 2.75) is 46.0 Å². The van der Waals surface area contributed by atoms with E-state index >= 15 is 0 Å². The molecule has 1 aliphatic rings. The molecule has 1 rings (SSSR count). The Morgan fingerprint density at radius 2 is 2.31 bits per heavy atom. The zero-order valence-corrected chi connectivity index (χ0v) is 9.05. The summed E-state index contributed by atoms with van der Waals surface area (Å²) in [6, 6.07) is 0. The van der Waals surface area contributed by atoms with Gasteiger partial charge in [-0.25, -0.2) is 0 Å². The first-order chi connectivity index (χ1) is 6.24. The third-order valence-corrected chi connectivity index (χ3v) is 3.22. The summed E-state index contributed by atoms with van der Waals surface area (Å²) in [7, 11) is 0. The van der Waals surface area contributed by atoms with Crippen LogP contribution in [-0.2, 0) is 0 Å². The summed E-state index contributed by atoms with van der Waals surface area (Å²) in [4.78, 5) is 0. The van der Waals surface area contributed by atoms with Gasteiger partial charge in [-0.1, -0.05) is 38.2 Å². The number of allylic oxidation sites excluding steroid dienone is 3. The van der Waals surface area contributed by atoms with Gasteiger partial charge < -0.3 is 0 Å². The van der Waals surface area contributed by atoms with Crippen molar-refractivity contribution in [3.63, 3.8) is 0 Å². The summed E-state index contributed by atoms with van der Waals surface area (Å²) in [5.41, 5.74) is 1.43. The van der Waals surface area contributed by atoms with Crippen molar-refractivity contribution in [1.82, 2.24) is 0 Å². The standard InChI is InChI=1S/C13H22/c1-4-11(2)12(3)10-13-8-6-5-7-9-13/h5-6,12-13H,2,4,7-10H2,1,3H3. The van der Waals surface area contributed by atoms with E-state index in [2.05, 4.69) is 32.6 Å². The van der Waals surface area contributed by atoms with Gasteiger partial charge in [-0.15, -0.1) is 0 Å². The maximum absolute atomic E-state index is 4.12. The third kappa shape index (κ3) is 3.38. The lowest BCUT2D eigenvalue weighted by molar-refractivity contribution is 0.390. The average molecular weight is 178 g/mol. The van der Waals surface area contributed by atoms with Gasteiger partial charge in [0, 0.05) is 0 Å². The van der Waals surface area contributed by atoms with Crippen LogP contribution in [-0.4, -0.2) is 0 Å². The van der Waals surface area contributed by atoms with Crippen molar-refractivity contribution >= 4 is 0 Å². The minimum absolute atomic E-state index is 0.724. The molecule has 0 aromatic heterocycles. The fourth-order valence-electron chi connectivity index (χ4n) is 2.09. The van der Waals surface area contributed by atoms with Gasteiger partial charge in [0.2, 0.25) is 0 Å². The summed E-state index contributed by atoms with van der Waals surface area (Å²) in [5, 5.41) is 0. The monoisotopic (exact) mass is 178 g/mol. The molecule has 0 nitrogen and oxygen atoms in total. The smallest absolute Gasteiger partial charge is 0.0232 e. The Labute approximate surface area is 82.7 Å². The van der Waals surface area contributed by atoms with E-state index in [1.165, 1.54) is 31.3 Å². The van der Waals surface area contributed by atoms with Crippen molar-refractivity contribution < 1.29 is 0 Å². The molecule has 0 aromatic rings. The predicted molar refractivity (Wildman–Crippen MR) is 59.7 cm³/mol. The van der Waals surface area contributed by atoms with Gasteiger partial charge in [-0.3, -0.25) is 0 Å². The quantitative estimate of drug-likeness (QED) is 0.562. The van der Waals surface area contributed by atoms with E-state index in [1.807, 2.05) is 0 Å². The molecule has 0 heteroatoms. The molecule has 0 amide bonds. The van der Waals surface area contributed by atoms with Gasteiger partial charge in [0.15, 0.2) is 0 Å². The molecule has 2 unspecified atom stereocenters. The van der Waals surface area contributed by atoms with Crippen LogP contribution in [0.4, 0.5) is 0 Å². The zero-order chi connectivity index (χ0) is 9.68. The molecule has 0 aliphatic heterocycles. The minimum Gasteiger partial charge on any atom is -0.0996 e. The fourth-order valence-corrected chi connectivity index (χ4v) is 2.09. The van der Waals surface area contributed by atoms with E-state index in [0.29, 0.717) is 0 Å². The predicted octanol–water partition coefficient (Wildman–Crippen LogP) is 4.34. The summed E-state index contributed by atoms with van der Waals surface area (Å²) in [6.45, 7) is 8.65. The Morgan fingerprint density at radius 1 is 1.54 bits per heavy atom. The average Bonchev–Trinajstić information content (AvgIpc) is 2.18. The van der Waals surface area contributed by atoms with Crippen LogP contribution in [0.25, 0.3) is 0 Å². The van der Waals surface area contributed by atoms with Gasteiger partial charge in [0.1, 0.15) is 0 Å². The fraction of sp³-hybridized carbons (Fsp3) is 0.692. The summed E-state index contributed by atoms with van der Waals surface area (Å²) < 4.78 is 0. The van der Waals surface area contributed by atoms with Gasteiger partial charge in [-0.05, 0) is 43.9 Å². The van der Waals surface area contributed by atoms with E-state index in [-0.39, 0.29) is 0 Å². The number of rotatable bonds is 4. The first-order valence-corrected chi connectivity index (χ1v) is 5.56. The SMILES string of the molecule is C=C(CC)C(C)CC1CC=CCC1. The second-order valence-corrected chi connectivity index (χ2v) is 4.30. The Kier molecular flexibility index (Phi) is 4.27. The highest BCUT2D eigenvalue weighted by Gasteiger charge is 2.14.